The zero-order valence-corrected chi connectivity index (χ0v) is 9.88. The molecule has 0 bridgehead atoms. The summed E-state index contributed by atoms with van der Waals surface area (Å²) in [6, 6.07) is 0. The van der Waals surface area contributed by atoms with Gasteiger partial charge in [-0.15, -0.1) is 24.8 Å². The first-order chi connectivity index (χ1) is 4.70. The Morgan fingerprint density at radius 3 is 2.00 bits per heavy atom. The van der Waals surface area contributed by atoms with Crippen molar-refractivity contribution in [2.75, 3.05) is 26.2 Å². The summed E-state index contributed by atoms with van der Waals surface area (Å²) >= 11 is 0. The van der Waals surface area contributed by atoms with Crippen LogP contribution in [0.15, 0.2) is 0 Å². The van der Waals surface area contributed by atoms with Crippen LogP contribution < -0.4 is 5.73 Å². The number of nitrogens with two attached hydrogens (primary N) is 1. The Morgan fingerprint density at radius 1 is 1.25 bits per heavy atom. The number of hydrogen-bond acceptors (Lipinski definition) is 2. The molecule has 0 aliphatic rings. The molecule has 2 N–H and O–H groups in total. The van der Waals surface area contributed by atoms with Crippen molar-refractivity contribution in [2.45, 2.75) is 20.8 Å². The van der Waals surface area contributed by atoms with Gasteiger partial charge in [0.05, 0.1) is 0 Å². The van der Waals surface area contributed by atoms with Crippen molar-refractivity contribution < 1.29 is 0 Å². The summed E-state index contributed by atoms with van der Waals surface area (Å²) in [5, 5.41) is 0. The average molecular weight is 217 g/mol. The Kier molecular flexibility index (Phi) is 17.6. The third kappa shape index (κ3) is 10.5. The lowest BCUT2D eigenvalue weighted by Crippen LogP contribution is -2.32. The van der Waals surface area contributed by atoms with Gasteiger partial charge in [-0.1, -0.05) is 20.8 Å². The second-order valence-corrected chi connectivity index (χ2v) is 3.08. The van der Waals surface area contributed by atoms with Gasteiger partial charge in [0.25, 0.3) is 0 Å². The van der Waals surface area contributed by atoms with Gasteiger partial charge in [0, 0.05) is 19.6 Å². The van der Waals surface area contributed by atoms with Gasteiger partial charge < -0.3 is 10.6 Å². The Hall–Kier alpha value is 0.500. The van der Waals surface area contributed by atoms with Crippen molar-refractivity contribution in [3.8, 4) is 0 Å². The first-order valence-electron chi connectivity index (χ1n) is 4.13. The van der Waals surface area contributed by atoms with Crippen LogP contribution in [0.3, 0.4) is 0 Å². The van der Waals surface area contributed by atoms with E-state index in [1.807, 2.05) is 0 Å². The zero-order valence-electron chi connectivity index (χ0n) is 8.25. The normalized spacial score (nSPS) is 9.50. The van der Waals surface area contributed by atoms with E-state index < -0.39 is 0 Å². The highest BCUT2D eigenvalue weighted by atomic mass is 35.5. The van der Waals surface area contributed by atoms with Gasteiger partial charge in [0.15, 0.2) is 0 Å². The summed E-state index contributed by atoms with van der Waals surface area (Å²) in [5.41, 5.74) is 5.44. The van der Waals surface area contributed by atoms with E-state index in [2.05, 4.69) is 25.7 Å². The predicted molar refractivity (Wildman–Crippen MR) is 60.5 cm³/mol. The molecule has 0 saturated carbocycles. The molecule has 4 heteroatoms. The molecule has 0 saturated heterocycles. The van der Waals surface area contributed by atoms with Crippen LogP contribution in [0.5, 0.6) is 0 Å². The second-order valence-electron chi connectivity index (χ2n) is 3.08. The average Bonchev–Trinajstić information content (AvgIpc) is 1.86. The Labute approximate surface area is 88.7 Å². The largest absolute Gasteiger partial charge is 0.329 e. The second kappa shape index (κ2) is 11.5. The standard InChI is InChI=1S/C8H20N2.2ClH/c1-4-10(6-5-9)7-8(2)3;;/h8H,4-7,9H2,1-3H3;2*1H. The number of hydrogen-bond donors (Lipinski definition) is 1. The van der Waals surface area contributed by atoms with Crippen molar-refractivity contribution in [2.24, 2.45) is 11.7 Å². The molecule has 0 aromatic rings. The third-order valence-corrected chi connectivity index (χ3v) is 1.52. The summed E-state index contributed by atoms with van der Waals surface area (Å²) in [4.78, 5) is 2.38. The Morgan fingerprint density at radius 2 is 1.75 bits per heavy atom. The number of rotatable bonds is 5. The topological polar surface area (TPSA) is 29.3 Å². The van der Waals surface area contributed by atoms with Gasteiger partial charge in [-0.2, -0.15) is 0 Å². The van der Waals surface area contributed by atoms with Crippen LogP contribution in [0.25, 0.3) is 0 Å². The van der Waals surface area contributed by atoms with Crippen molar-refractivity contribution in [3.05, 3.63) is 0 Å². The van der Waals surface area contributed by atoms with Gasteiger partial charge >= 0.3 is 0 Å². The third-order valence-electron chi connectivity index (χ3n) is 1.52. The molecule has 0 aliphatic carbocycles. The first kappa shape index (κ1) is 18.3. The molecule has 0 unspecified atom stereocenters. The van der Waals surface area contributed by atoms with E-state index >= 15 is 0 Å². The molecule has 0 aliphatic heterocycles. The van der Waals surface area contributed by atoms with Crippen LogP contribution in [-0.2, 0) is 0 Å². The van der Waals surface area contributed by atoms with Gasteiger partial charge in [0.1, 0.15) is 0 Å². The van der Waals surface area contributed by atoms with Gasteiger partial charge in [-0.25, -0.2) is 0 Å². The summed E-state index contributed by atoms with van der Waals surface area (Å²) in [7, 11) is 0. The molecule has 0 spiro atoms. The molecule has 0 radical (unpaired) electrons. The van der Waals surface area contributed by atoms with E-state index in [9.17, 15) is 0 Å². The minimum atomic E-state index is 0. The lowest BCUT2D eigenvalue weighted by molar-refractivity contribution is 0.263. The molecule has 0 fully saturated rings. The minimum Gasteiger partial charge on any atom is -0.329 e. The van der Waals surface area contributed by atoms with Gasteiger partial charge in [0.2, 0.25) is 0 Å². The molecule has 0 heterocycles. The fraction of sp³-hybridized carbons (Fsp3) is 1.00. The van der Waals surface area contributed by atoms with Crippen LogP contribution in [0.1, 0.15) is 20.8 Å². The fourth-order valence-electron chi connectivity index (χ4n) is 1.08. The Bertz CT molecular complexity index is 79.5. The SMILES string of the molecule is CCN(CCN)CC(C)C.Cl.Cl. The van der Waals surface area contributed by atoms with E-state index in [4.69, 9.17) is 5.73 Å². The van der Waals surface area contributed by atoms with E-state index in [0.717, 1.165) is 25.6 Å². The van der Waals surface area contributed by atoms with Gasteiger partial charge in [-0.05, 0) is 12.5 Å². The predicted octanol–water partition coefficient (Wildman–Crippen LogP) is 1.77. The van der Waals surface area contributed by atoms with E-state index in [-0.39, 0.29) is 24.8 Å². The molecule has 0 aromatic carbocycles. The Balaban J connectivity index is -0.000000405. The van der Waals surface area contributed by atoms with Crippen molar-refractivity contribution in [1.29, 1.82) is 0 Å². The van der Waals surface area contributed by atoms with Crippen LogP contribution in [-0.4, -0.2) is 31.1 Å². The number of likely N-dealkylation sites (N-methyl/N-ethyl adjacent to an activating group) is 1. The maximum Gasteiger partial charge on any atom is 0.0105 e. The molecule has 78 valence electrons. The smallest absolute Gasteiger partial charge is 0.0105 e. The van der Waals surface area contributed by atoms with E-state index in [1.54, 1.807) is 0 Å². The lowest BCUT2D eigenvalue weighted by Gasteiger charge is -2.21. The molecule has 12 heavy (non-hydrogen) atoms. The number of nitrogens with zero attached hydrogens (tertiary/aromatic N) is 1. The molecule has 0 aromatic heterocycles. The highest BCUT2D eigenvalue weighted by Gasteiger charge is 2.01. The highest BCUT2D eigenvalue weighted by Crippen LogP contribution is 1.96. The lowest BCUT2D eigenvalue weighted by atomic mass is 10.2. The highest BCUT2D eigenvalue weighted by molar-refractivity contribution is 5.85. The fourth-order valence-corrected chi connectivity index (χ4v) is 1.08. The molecule has 0 atom stereocenters. The quantitative estimate of drug-likeness (QED) is 0.760. The van der Waals surface area contributed by atoms with Crippen molar-refractivity contribution in [3.63, 3.8) is 0 Å². The number of halogens is 2. The summed E-state index contributed by atoms with van der Waals surface area (Å²) in [6.45, 7) is 10.8. The first-order valence-corrected chi connectivity index (χ1v) is 4.13. The monoisotopic (exact) mass is 216 g/mol. The van der Waals surface area contributed by atoms with Gasteiger partial charge in [-0.3, -0.25) is 0 Å². The van der Waals surface area contributed by atoms with Crippen LogP contribution in [0.2, 0.25) is 0 Å². The van der Waals surface area contributed by atoms with E-state index in [1.165, 1.54) is 6.54 Å². The van der Waals surface area contributed by atoms with Crippen LogP contribution in [0.4, 0.5) is 0 Å². The molecular formula is C8H22Cl2N2. The van der Waals surface area contributed by atoms with Crippen molar-refractivity contribution >= 4 is 24.8 Å². The van der Waals surface area contributed by atoms with Crippen LogP contribution in [0, 0.1) is 5.92 Å². The molecule has 2 nitrogen and oxygen atoms in total. The van der Waals surface area contributed by atoms with Crippen LogP contribution >= 0.6 is 24.8 Å². The van der Waals surface area contributed by atoms with E-state index in [0.29, 0.717) is 0 Å². The zero-order chi connectivity index (χ0) is 7.98. The summed E-state index contributed by atoms with van der Waals surface area (Å²) in [5.74, 6) is 0.756. The molecule has 0 rings (SSSR count). The summed E-state index contributed by atoms with van der Waals surface area (Å²) in [6.07, 6.45) is 0. The maximum atomic E-state index is 5.44. The molecular weight excluding hydrogens is 195 g/mol. The maximum absolute atomic E-state index is 5.44. The minimum absolute atomic E-state index is 0. The molecule has 0 amide bonds. The summed E-state index contributed by atoms with van der Waals surface area (Å²) < 4.78 is 0. The van der Waals surface area contributed by atoms with Crippen molar-refractivity contribution in [1.82, 2.24) is 4.90 Å².